The van der Waals surface area contributed by atoms with Gasteiger partial charge in [0.25, 0.3) is 5.91 Å². The summed E-state index contributed by atoms with van der Waals surface area (Å²) < 4.78 is 57.2. The standard InChI is InChI=1S/C27H30F4N4O3S/c1-2-3-4-5-6-7-9-17-11-12-19(14-20(17)27(29,30)31)35(25(38)21(32)15-22(36)37)26-34-23(24(28)39-26)18-10-8-13-33-16-18/h8,10-14,16,21H,2-7,9,15,32H2,1H3,(H,36,37). The zero-order valence-electron chi connectivity index (χ0n) is 21.4. The molecule has 12 heteroatoms. The number of halogens is 4. The van der Waals surface area contributed by atoms with Crippen molar-refractivity contribution in [3.8, 4) is 11.3 Å². The number of thiazole rings is 1. The quantitative estimate of drug-likeness (QED) is 0.175. The van der Waals surface area contributed by atoms with E-state index in [4.69, 9.17) is 10.8 Å². The highest BCUT2D eigenvalue weighted by molar-refractivity contribution is 7.14. The second-order valence-corrected chi connectivity index (χ2v) is 10.0. The maximum Gasteiger partial charge on any atom is 0.416 e. The molecule has 0 bridgehead atoms. The van der Waals surface area contributed by atoms with Crippen LogP contribution in [0.4, 0.5) is 28.4 Å². The molecule has 1 amide bonds. The first-order chi connectivity index (χ1) is 18.5. The number of nitrogens with zero attached hydrogens (tertiary/aromatic N) is 3. The minimum Gasteiger partial charge on any atom is -0.481 e. The van der Waals surface area contributed by atoms with Gasteiger partial charge in [-0.3, -0.25) is 19.5 Å². The van der Waals surface area contributed by atoms with Crippen LogP contribution in [0, 0.1) is 5.13 Å². The lowest BCUT2D eigenvalue weighted by atomic mass is 9.99. The van der Waals surface area contributed by atoms with Gasteiger partial charge in [-0.2, -0.15) is 17.6 Å². The van der Waals surface area contributed by atoms with Gasteiger partial charge in [-0.1, -0.05) is 56.4 Å². The Morgan fingerprint density at radius 2 is 1.85 bits per heavy atom. The molecule has 0 aliphatic heterocycles. The largest absolute Gasteiger partial charge is 0.481 e. The maximum atomic E-state index is 14.9. The Balaban J connectivity index is 2.02. The molecule has 0 aliphatic carbocycles. The van der Waals surface area contributed by atoms with Crippen LogP contribution in [0.25, 0.3) is 11.3 Å². The van der Waals surface area contributed by atoms with Crippen molar-refractivity contribution in [1.82, 2.24) is 9.97 Å². The molecule has 3 rings (SSSR count). The van der Waals surface area contributed by atoms with Crippen molar-refractivity contribution in [3.05, 3.63) is 59.0 Å². The summed E-state index contributed by atoms with van der Waals surface area (Å²) >= 11 is 0.433. The van der Waals surface area contributed by atoms with Crippen LogP contribution >= 0.6 is 11.3 Å². The third-order valence-electron chi connectivity index (χ3n) is 6.09. The summed E-state index contributed by atoms with van der Waals surface area (Å²) in [5.74, 6) is -2.40. The summed E-state index contributed by atoms with van der Waals surface area (Å²) in [6.45, 7) is 2.08. The number of pyridine rings is 1. The molecule has 0 saturated heterocycles. The number of carboxylic acids is 1. The van der Waals surface area contributed by atoms with E-state index >= 15 is 0 Å². The van der Waals surface area contributed by atoms with Crippen molar-refractivity contribution in [3.63, 3.8) is 0 Å². The SMILES string of the molecule is CCCCCCCCc1ccc(N(C(=O)C(N)CC(=O)O)c2nc(-c3cccnc3)c(F)s2)cc1C(F)(F)F. The summed E-state index contributed by atoms with van der Waals surface area (Å²) in [4.78, 5) is 33.3. The number of aryl methyl sites for hydroxylation is 1. The number of hydrogen-bond donors (Lipinski definition) is 2. The number of amides is 1. The summed E-state index contributed by atoms with van der Waals surface area (Å²) in [7, 11) is 0. The number of alkyl halides is 3. The molecule has 3 aromatic rings. The number of anilines is 2. The molecule has 0 radical (unpaired) electrons. The average Bonchev–Trinajstić information content (AvgIpc) is 3.27. The number of aromatic nitrogens is 2. The Morgan fingerprint density at radius 1 is 1.13 bits per heavy atom. The van der Waals surface area contributed by atoms with Crippen molar-refractivity contribution in [2.45, 2.75) is 70.5 Å². The normalized spacial score (nSPS) is 12.4. The summed E-state index contributed by atoms with van der Waals surface area (Å²) in [5.41, 5.74) is 4.85. The van der Waals surface area contributed by atoms with Gasteiger partial charge in [-0.15, -0.1) is 0 Å². The van der Waals surface area contributed by atoms with Gasteiger partial charge in [0.05, 0.1) is 23.7 Å². The molecule has 0 spiro atoms. The predicted octanol–water partition coefficient (Wildman–Crippen LogP) is 6.73. The van der Waals surface area contributed by atoms with Gasteiger partial charge in [0.1, 0.15) is 5.69 Å². The number of carboxylic acid groups (broad SMARTS) is 1. The fraction of sp³-hybridized carbons (Fsp3) is 0.407. The highest BCUT2D eigenvalue weighted by Crippen LogP contribution is 2.40. The van der Waals surface area contributed by atoms with Gasteiger partial charge in [-0.05, 0) is 42.7 Å². The van der Waals surface area contributed by atoms with E-state index in [9.17, 15) is 27.2 Å². The smallest absolute Gasteiger partial charge is 0.416 e. The summed E-state index contributed by atoms with van der Waals surface area (Å²) in [6.07, 6.45) is 3.00. The van der Waals surface area contributed by atoms with Crippen LogP contribution in [0.3, 0.4) is 0 Å². The monoisotopic (exact) mass is 566 g/mol. The number of carbonyl (C=O) groups excluding carboxylic acids is 1. The molecule has 0 aliphatic rings. The number of benzene rings is 1. The van der Waals surface area contributed by atoms with Crippen LogP contribution in [0.2, 0.25) is 0 Å². The van der Waals surface area contributed by atoms with E-state index in [0.29, 0.717) is 23.3 Å². The Bertz CT molecular complexity index is 1270. The molecule has 2 aromatic heterocycles. The first-order valence-corrected chi connectivity index (χ1v) is 13.4. The van der Waals surface area contributed by atoms with Crippen LogP contribution in [0.15, 0.2) is 42.7 Å². The molecule has 39 heavy (non-hydrogen) atoms. The zero-order valence-corrected chi connectivity index (χ0v) is 22.2. The Kier molecular flexibility index (Phi) is 10.5. The molecule has 1 atom stereocenters. The maximum absolute atomic E-state index is 14.9. The van der Waals surface area contributed by atoms with E-state index < -0.39 is 41.2 Å². The molecular weight excluding hydrogens is 536 g/mol. The van der Waals surface area contributed by atoms with Crippen LogP contribution in [-0.4, -0.2) is 33.0 Å². The van der Waals surface area contributed by atoms with Crippen molar-refractivity contribution < 1.29 is 32.3 Å². The third-order valence-corrected chi connectivity index (χ3v) is 6.92. The fourth-order valence-electron chi connectivity index (χ4n) is 4.12. The van der Waals surface area contributed by atoms with Gasteiger partial charge in [0.2, 0.25) is 5.13 Å². The molecule has 7 nitrogen and oxygen atoms in total. The highest BCUT2D eigenvalue weighted by atomic mass is 32.1. The first-order valence-electron chi connectivity index (χ1n) is 12.6. The van der Waals surface area contributed by atoms with Gasteiger partial charge in [-0.25, -0.2) is 4.98 Å². The predicted molar refractivity (Wildman–Crippen MR) is 141 cm³/mol. The number of aliphatic carboxylic acids is 1. The Labute approximate surface area is 227 Å². The van der Waals surface area contributed by atoms with Crippen LogP contribution in [0.5, 0.6) is 0 Å². The number of rotatable bonds is 13. The van der Waals surface area contributed by atoms with Gasteiger partial charge >= 0.3 is 12.1 Å². The van der Waals surface area contributed by atoms with E-state index in [1.807, 2.05) is 0 Å². The van der Waals surface area contributed by atoms with Crippen molar-refractivity contribution >= 4 is 34.0 Å². The van der Waals surface area contributed by atoms with E-state index in [1.165, 1.54) is 30.6 Å². The minimum absolute atomic E-state index is 0.0744. The molecule has 0 fully saturated rings. The lowest BCUT2D eigenvalue weighted by Gasteiger charge is -2.24. The topological polar surface area (TPSA) is 109 Å². The average molecular weight is 567 g/mol. The molecule has 1 aromatic carbocycles. The highest BCUT2D eigenvalue weighted by Gasteiger charge is 2.36. The Hall–Kier alpha value is -3.38. The minimum atomic E-state index is -4.72. The second kappa shape index (κ2) is 13.6. The molecular formula is C27H30F4N4O3S. The zero-order chi connectivity index (χ0) is 28.6. The van der Waals surface area contributed by atoms with Crippen LogP contribution in [-0.2, 0) is 22.2 Å². The summed E-state index contributed by atoms with van der Waals surface area (Å²) in [5, 5.41) is 8.03. The number of unbranched alkanes of at least 4 members (excludes halogenated alkanes) is 5. The van der Waals surface area contributed by atoms with Gasteiger partial charge in [0, 0.05) is 18.0 Å². The molecule has 2 heterocycles. The lowest BCUT2D eigenvalue weighted by Crippen LogP contribution is -2.42. The van der Waals surface area contributed by atoms with Crippen molar-refractivity contribution in [2.24, 2.45) is 5.73 Å². The first kappa shape index (κ1) is 30.2. The number of hydrogen-bond acceptors (Lipinski definition) is 6. The van der Waals surface area contributed by atoms with Crippen molar-refractivity contribution in [1.29, 1.82) is 0 Å². The van der Waals surface area contributed by atoms with Gasteiger partial charge < -0.3 is 10.8 Å². The van der Waals surface area contributed by atoms with Crippen molar-refractivity contribution in [2.75, 3.05) is 4.90 Å². The van der Waals surface area contributed by atoms with Crippen LogP contribution in [0.1, 0.15) is 63.0 Å². The Morgan fingerprint density at radius 3 is 2.49 bits per heavy atom. The molecule has 0 saturated carbocycles. The van der Waals surface area contributed by atoms with E-state index in [1.54, 1.807) is 6.07 Å². The fourth-order valence-corrected chi connectivity index (χ4v) is 4.97. The van der Waals surface area contributed by atoms with E-state index in [-0.39, 0.29) is 28.5 Å². The molecule has 3 N–H and O–H groups in total. The van der Waals surface area contributed by atoms with Crippen LogP contribution < -0.4 is 10.6 Å². The molecule has 210 valence electrons. The summed E-state index contributed by atoms with van der Waals surface area (Å²) in [6, 6.07) is 4.90. The van der Waals surface area contributed by atoms with E-state index in [0.717, 1.165) is 43.1 Å². The van der Waals surface area contributed by atoms with Gasteiger partial charge in [0.15, 0.2) is 5.13 Å². The third kappa shape index (κ3) is 8.06. The lowest BCUT2D eigenvalue weighted by molar-refractivity contribution is -0.139. The van der Waals surface area contributed by atoms with E-state index in [2.05, 4.69) is 16.9 Å². The molecule has 1 unspecified atom stereocenters. The number of carbonyl (C=O) groups is 2. The second-order valence-electron chi connectivity index (χ2n) is 9.10. The number of nitrogens with two attached hydrogens (primary N) is 1.